The molecule has 0 atom stereocenters. The summed E-state index contributed by atoms with van der Waals surface area (Å²) in [4.78, 5) is 22.6. The third-order valence-corrected chi connectivity index (χ3v) is 1.98. The Labute approximate surface area is 100 Å². The third-order valence-electron chi connectivity index (χ3n) is 1.98. The van der Waals surface area contributed by atoms with Crippen LogP contribution in [0.2, 0.25) is 0 Å². The molecule has 4 heteroatoms. The molecular weight excluding hydrogens is 218 g/mol. The molecule has 1 amide bonds. The van der Waals surface area contributed by atoms with Crippen LogP contribution in [-0.2, 0) is 9.53 Å². The Hall–Kier alpha value is -2.10. The SMILES string of the molecule is C/C=C/C(=O)Nc1ccc(C(=O)OCC)cc1. The molecule has 0 saturated heterocycles. The highest BCUT2D eigenvalue weighted by molar-refractivity contribution is 5.99. The lowest BCUT2D eigenvalue weighted by atomic mass is 10.2. The number of hydrogen-bond donors (Lipinski definition) is 1. The molecule has 0 radical (unpaired) electrons. The molecule has 17 heavy (non-hydrogen) atoms. The first-order chi connectivity index (χ1) is 8.17. The van der Waals surface area contributed by atoms with Crippen LogP contribution in [0.1, 0.15) is 24.2 Å². The van der Waals surface area contributed by atoms with Crippen molar-refractivity contribution >= 4 is 17.6 Å². The number of rotatable bonds is 4. The molecule has 0 aliphatic carbocycles. The van der Waals surface area contributed by atoms with Crippen molar-refractivity contribution in [3.05, 3.63) is 42.0 Å². The van der Waals surface area contributed by atoms with Crippen molar-refractivity contribution in [2.24, 2.45) is 0 Å². The fourth-order valence-corrected chi connectivity index (χ4v) is 1.24. The van der Waals surface area contributed by atoms with Crippen molar-refractivity contribution < 1.29 is 14.3 Å². The normalized spacial score (nSPS) is 10.2. The Kier molecular flexibility index (Phi) is 4.94. The lowest BCUT2D eigenvalue weighted by Gasteiger charge is -2.04. The zero-order valence-corrected chi connectivity index (χ0v) is 9.90. The van der Waals surface area contributed by atoms with Crippen molar-refractivity contribution in [1.82, 2.24) is 0 Å². The van der Waals surface area contributed by atoms with Gasteiger partial charge in [0, 0.05) is 5.69 Å². The van der Waals surface area contributed by atoms with Gasteiger partial charge in [0.2, 0.25) is 5.91 Å². The number of benzene rings is 1. The molecule has 0 aliphatic rings. The van der Waals surface area contributed by atoms with Gasteiger partial charge in [-0.05, 0) is 44.2 Å². The second-order valence-corrected chi connectivity index (χ2v) is 3.29. The van der Waals surface area contributed by atoms with Gasteiger partial charge in [-0.1, -0.05) is 6.08 Å². The van der Waals surface area contributed by atoms with E-state index in [0.717, 1.165) is 0 Å². The molecule has 0 spiro atoms. The maximum atomic E-state index is 11.4. The van der Waals surface area contributed by atoms with Gasteiger partial charge in [-0.15, -0.1) is 0 Å². The Balaban J connectivity index is 2.68. The summed E-state index contributed by atoms with van der Waals surface area (Å²) in [6.45, 7) is 3.87. The summed E-state index contributed by atoms with van der Waals surface area (Å²) in [5.74, 6) is -0.560. The van der Waals surface area contributed by atoms with Crippen LogP contribution in [0.4, 0.5) is 5.69 Å². The number of allylic oxidation sites excluding steroid dienone is 1. The van der Waals surface area contributed by atoms with Crippen molar-refractivity contribution in [3.63, 3.8) is 0 Å². The summed E-state index contributed by atoms with van der Waals surface area (Å²) in [6, 6.07) is 6.55. The predicted octanol–water partition coefficient (Wildman–Crippen LogP) is 2.38. The highest BCUT2D eigenvalue weighted by Crippen LogP contribution is 2.10. The van der Waals surface area contributed by atoms with E-state index in [0.29, 0.717) is 17.9 Å². The van der Waals surface area contributed by atoms with Crippen molar-refractivity contribution in [3.8, 4) is 0 Å². The van der Waals surface area contributed by atoms with Gasteiger partial charge in [0.25, 0.3) is 0 Å². The fraction of sp³-hybridized carbons (Fsp3) is 0.231. The van der Waals surface area contributed by atoms with Gasteiger partial charge in [-0.25, -0.2) is 4.79 Å². The highest BCUT2D eigenvalue weighted by Gasteiger charge is 2.05. The number of carbonyl (C=O) groups excluding carboxylic acids is 2. The van der Waals surface area contributed by atoms with E-state index >= 15 is 0 Å². The molecule has 1 rings (SSSR count). The minimum absolute atomic E-state index is 0.198. The van der Waals surface area contributed by atoms with Crippen LogP contribution in [0.15, 0.2) is 36.4 Å². The van der Waals surface area contributed by atoms with Gasteiger partial charge in [0.1, 0.15) is 0 Å². The van der Waals surface area contributed by atoms with Crippen molar-refractivity contribution in [2.45, 2.75) is 13.8 Å². The van der Waals surface area contributed by atoms with E-state index in [1.54, 1.807) is 44.2 Å². The molecule has 4 nitrogen and oxygen atoms in total. The van der Waals surface area contributed by atoms with E-state index in [-0.39, 0.29) is 11.9 Å². The number of nitrogens with one attached hydrogen (secondary N) is 1. The topological polar surface area (TPSA) is 55.4 Å². The third kappa shape index (κ3) is 4.10. The standard InChI is InChI=1S/C13H15NO3/c1-3-5-12(15)14-11-8-6-10(7-9-11)13(16)17-4-2/h3,5-9H,4H2,1-2H3,(H,14,15)/b5-3+. The van der Waals surface area contributed by atoms with E-state index in [9.17, 15) is 9.59 Å². The largest absolute Gasteiger partial charge is 0.462 e. The number of ether oxygens (including phenoxy) is 1. The van der Waals surface area contributed by atoms with E-state index < -0.39 is 0 Å². The molecule has 0 heterocycles. The van der Waals surface area contributed by atoms with E-state index in [2.05, 4.69) is 5.32 Å². The zero-order chi connectivity index (χ0) is 12.7. The molecule has 90 valence electrons. The molecule has 1 aromatic carbocycles. The molecule has 0 unspecified atom stereocenters. The van der Waals surface area contributed by atoms with Gasteiger partial charge in [-0.2, -0.15) is 0 Å². The maximum Gasteiger partial charge on any atom is 0.338 e. The van der Waals surface area contributed by atoms with Crippen LogP contribution in [0.25, 0.3) is 0 Å². The average Bonchev–Trinajstić information content (AvgIpc) is 2.30. The van der Waals surface area contributed by atoms with Crippen molar-refractivity contribution in [2.75, 3.05) is 11.9 Å². The first-order valence-electron chi connectivity index (χ1n) is 5.38. The molecule has 0 aromatic heterocycles. The quantitative estimate of drug-likeness (QED) is 0.641. The lowest BCUT2D eigenvalue weighted by Crippen LogP contribution is -2.08. The van der Waals surface area contributed by atoms with Crippen LogP contribution in [-0.4, -0.2) is 18.5 Å². The summed E-state index contributed by atoms with van der Waals surface area (Å²) in [6.07, 6.45) is 3.08. The predicted molar refractivity (Wildman–Crippen MR) is 65.8 cm³/mol. The second kappa shape index (κ2) is 6.48. The number of anilines is 1. The summed E-state index contributed by atoms with van der Waals surface area (Å²) >= 11 is 0. The summed E-state index contributed by atoms with van der Waals surface area (Å²) in [5.41, 5.74) is 1.11. The first-order valence-corrected chi connectivity index (χ1v) is 5.38. The van der Waals surface area contributed by atoms with Crippen molar-refractivity contribution in [1.29, 1.82) is 0 Å². The Bertz CT molecular complexity index is 421. The molecule has 0 bridgehead atoms. The van der Waals surface area contributed by atoms with Crippen LogP contribution in [0.3, 0.4) is 0 Å². The Morgan fingerprint density at radius 2 is 1.94 bits per heavy atom. The molecule has 1 N–H and O–H groups in total. The number of carbonyl (C=O) groups is 2. The smallest absolute Gasteiger partial charge is 0.338 e. The van der Waals surface area contributed by atoms with Gasteiger partial charge in [-0.3, -0.25) is 4.79 Å². The monoisotopic (exact) mass is 233 g/mol. The lowest BCUT2D eigenvalue weighted by molar-refractivity contribution is -0.111. The summed E-state index contributed by atoms with van der Waals surface area (Å²) in [5, 5.41) is 2.66. The van der Waals surface area contributed by atoms with Gasteiger partial charge < -0.3 is 10.1 Å². The van der Waals surface area contributed by atoms with Gasteiger partial charge in [0.05, 0.1) is 12.2 Å². The fourth-order valence-electron chi connectivity index (χ4n) is 1.24. The number of amides is 1. The summed E-state index contributed by atoms with van der Waals surface area (Å²) < 4.78 is 4.85. The minimum Gasteiger partial charge on any atom is -0.462 e. The number of esters is 1. The van der Waals surface area contributed by atoms with Crippen LogP contribution < -0.4 is 5.32 Å². The molecular formula is C13H15NO3. The van der Waals surface area contributed by atoms with Crippen LogP contribution >= 0.6 is 0 Å². The maximum absolute atomic E-state index is 11.4. The molecule has 0 saturated carbocycles. The van der Waals surface area contributed by atoms with E-state index in [4.69, 9.17) is 4.74 Å². The van der Waals surface area contributed by atoms with Crippen LogP contribution in [0.5, 0.6) is 0 Å². The zero-order valence-electron chi connectivity index (χ0n) is 9.90. The highest BCUT2D eigenvalue weighted by atomic mass is 16.5. The first kappa shape index (κ1) is 13.0. The average molecular weight is 233 g/mol. The molecule has 0 fully saturated rings. The van der Waals surface area contributed by atoms with E-state index in [1.165, 1.54) is 6.08 Å². The molecule has 1 aromatic rings. The van der Waals surface area contributed by atoms with Crippen LogP contribution in [0, 0.1) is 0 Å². The van der Waals surface area contributed by atoms with E-state index in [1.807, 2.05) is 0 Å². The van der Waals surface area contributed by atoms with Gasteiger partial charge >= 0.3 is 5.97 Å². The minimum atomic E-state index is -0.362. The number of hydrogen-bond acceptors (Lipinski definition) is 3. The molecule has 0 aliphatic heterocycles. The Morgan fingerprint density at radius 1 is 1.29 bits per heavy atom. The second-order valence-electron chi connectivity index (χ2n) is 3.29. The van der Waals surface area contributed by atoms with Gasteiger partial charge in [0.15, 0.2) is 0 Å². The summed E-state index contributed by atoms with van der Waals surface area (Å²) in [7, 11) is 0. The Morgan fingerprint density at radius 3 is 2.47 bits per heavy atom.